The molecule has 0 bridgehead atoms. The molecule has 2 heteroatoms. The van der Waals surface area contributed by atoms with Crippen LogP contribution in [-0.4, -0.2) is 5.11 Å². The summed E-state index contributed by atoms with van der Waals surface area (Å²) in [4.78, 5) is 0. The summed E-state index contributed by atoms with van der Waals surface area (Å²) >= 11 is 0. The highest BCUT2D eigenvalue weighted by molar-refractivity contribution is 5.47. The van der Waals surface area contributed by atoms with Gasteiger partial charge in [0.05, 0.1) is 6.61 Å². The molecule has 0 spiro atoms. The summed E-state index contributed by atoms with van der Waals surface area (Å²) in [5, 5.41) is 12.6. The van der Waals surface area contributed by atoms with Gasteiger partial charge in [-0.2, -0.15) is 0 Å². The van der Waals surface area contributed by atoms with E-state index in [4.69, 9.17) is 0 Å². The molecule has 19 heavy (non-hydrogen) atoms. The van der Waals surface area contributed by atoms with E-state index in [0.29, 0.717) is 0 Å². The molecular weight excluding hydrogens is 234 g/mol. The minimum absolute atomic E-state index is 0.0890. The Morgan fingerprint density at radius 1 is 1.05 bits per heavy atom. The molecule has 1 atom stereocenters. The van der Waals surface area contributed by atoms with Gasteiger partial charge in [-0.1, -0.05) is 43.3 Å². The highest BCUT2D eigenvalue weighted by Crippen LogP contribution is 2.20. The van der Waals surface area contributed by atoms with E-state index in [-0.39, 0.29) is 12.6 Å². The summed E-state index contributed by atoms with van der Waals surface area (Å²) in [5.74, 6) is 0. The van der Waals surface area contributed by atoms with Gasteiger partial charge in [0.25, 0.3) is 0 Å². The van der Waals surface area contributed by atoms with Crippen molar-refractivity contribution in [3.8, 4) is 0 Å². The maximum atomic E-state index is 9.17. The van der Waals surface area contributed by atoms with Gasteiger partial charge in [-0.15, -0.1) is 0 Å². The van der Waals surface area contributed by atoms with E-state index in [1.807, 2.05) is 18.2 Å². The van der Waals surface area contributed by atoms with Crippen LogP contribution in [0.1, 0.15) is 36.6 Å². The van der Waals surface area contributed by atoms with Crippen LogP contribution in [0.15, 0.2) is 48.5 Å². The molecule has 0 saturated heterocycles. The third-order valence-electron chi connectivity index (χ3n) is 3.38. The van der Waals surface area contributed by atoms with Crippen LogP contribution in [0.4, 0.5) is 5.69 Å². The van der Waals surface area contributed by atoms with Crippen LogP contribution in [0.5, 0.6) is 0 Å². The summed E-state index contributed by atoms with van der Waals surface area (Å²) in [6.07, 6.45) is 1.06. The summed E-state index contributed by atoms with van der Waals surface area (Å²) in [5.41, 5.74) is 4.61. The second kappa shape index (κ2) is 6.39. The first-order chi connectivity index (χ1) is 9.22. The summed E-state index contributed by atoms with van der Waals surface area (Å²) in [7, 11) is 0. The number of hydrogen-bond donors (Lipinski definition) is 2. The lowest BCUT2D eigenvalue weighted by Gasteiger charge is -2.16. The number of nitrogens with one attached hydrogen (secondary N) is 1. The van der Waals surface area contributed by atoms with E-state index in [1.165, 1.54) is 11.1 Å². The third-order valence-corrected chi connectivity index (χ3v) is 3.38. The molecule has 2 aromatic carbocycles. The predicted molar refractivity (Wildman–Crippen MR) is 80.2 cm³/mol. The highest BCUT2D eigenvalue weighted by Gasteiger charge is 2.05. The van der Waals surface area contributed by atoms with E-state index in [2.05, 4.69) is 49.5 Å². The van der Waals surface area contributed by atoms with Gasteiger partial charge in [-0.25, -0.2) is 0 Å². The average molecular weight is 255 g/mol. The smallest absolute Gasteiger partial charge is 0.0681 e. The van der Waals surface area contributed by atoms with Crippen LogP contribution in [0.25, 0.3) is 0 Å². The van der Waals surface area contributed by atoms with E-state index in [1.54, 1.807) is 0 Å². The van der Waals surface area contributed by atoms with Crippen LogP contribution < -0.4 is 5.32 Å². The summed E-state index contributed by atoms with van der Waals surface area (Å²) < 4.78 is 0. The lowest BCUT2D eigenvalue weighted by molar-refractivity contribution is 0.281. The molecule has 2 nitrogen and oxygen atoms in total. The summed E-state index contributed by atoms with van der Waals surface area (Å²) in [6, 6.07) is 16.8. The van der Waals surface area contributed by atoms with Crippen molar-refractivity contribution in [2.75, 3.05) is 5.32 Å². The van der Waals surface area contributed by atoms with Gasteiger partial charge in [0, 0.05) is 11.7 Å². The van der Waals surface area contributed by atoms with Gasteiger partial charge in [0.1, 0.15) is 0 Å². The molecule has 0 amide bonds. The first kappa shape index (κ1) is 13.6. The summed E-state index contributed by atoms with van der Waals surface area (Å²) in [6.45, 7) is 4.38. The molecule has 0 aliphatic heterocycles. The maximum absolute atomic E-state index is 9.17. The van der Waals surface area contributed by atoms with Crippen molar-refractivity contribution >= 4 is 5.69 Å². The standard InChI is InChI=1S/C17H21NO/c1-3-14-7-9-17(10-8-14)18-13(2)16-6-4-5-15(11-16)12-19/h4-11,13,18-19H,3,12H2,1-2H3. The van der Waals surface area contributed by atoms with Crippen molar-refractivity contribution in [2.24, 2.45) is 0 Å². The topological polar surface area (TPSA) is 32.3 Å². The van der Waals surface area contributed by atoms with Crippen molar-refractivity contribution in [3.63, 3.8) is 0 Å². The van der Waals surface area contributed by atoms with Gasteiger partial charge < -0.3 is 10.4 Å². The van der Waals surface area contributed by atoms with Gasteiger partial charge in [0.2, 0.25) is 0 Å². The lowest BCUT2D eigenvalue weighted by Crippen LogP contribution is -2.07. The Morgan fingerprint density at radius 2 is 1.79 bits per heavy atom. The van der Waals surface area contributed by atoms with Gasteiger partial charge in [-0.05, 0) is 42.2 Å². The first-order valence-electron chi connectivity index (χ1n) is 6.78. The number of aliphatic hydroxyl groups is 1. The molecule has 1 unspecified atom stereocenters. The fourth-order valence-corrected chi connectivity index (χ4v) is 2.13. The number of anilines is 1. The number of rotatable bonds is 5. The number of hydrogen-bond acceptors (Lipinski definition) is 2. The Kier molecular flexibility index (Phi) is 4.58. The minimum Gasteiger partial charge on any atom is -0.392 e. The van der Waals surface area contributed by atoms with Crippen molar-refractivity contribution in [3.05, 3.63) is 65.2 Å². The maximum Gasteiger partial charge on any atom is 0.0681 e. The van der Waals surface area contributed by atoms with Crippen LogP contribution in [0, 0.1) is 0 Å². The molecular formula is C17H21NO. The second-order valence-corrected chi connectivity index (χ2v) is 4.82. The Morgan fingerprint density at radius 3 is 2.42 bits per heavy atom. The third kappa shape index (κ3) is 3.58. The van der Waals surface area contributed by atoms with Crippen LogP contribution in [-0.2, 0) is 13.0 Å². The predicted octanol–water partition coefficient (Wildman–Crippen LogP) is 3.91. The Bertz CT molecular complexity index is 519. The van der Waals surface area contributed by atoms with E-state index < -0.39 is 0 Å². The molecule has 0 saturated carbocycles. The highest BCUT2D eigenvalue weighted by atomic mass is 16.3. The van der Waals surface area contributed by atoms with E-state index >= 15 is 0 Å². The molecule has 2 N–H and O–H groups in total. The van der Waals surface area contributed by atoms with Crippen molar-refractivity contribution in [2.45, 2.75) is 32.9 Å². The van der Waals surface area contributed by atoms with E-state index in [0.717, 1.165) is 17.7 Å². The van der Waals surface area contributed by atoms with E-state index in [9.17, 15) is 5.11 Å². The van der Waals surface area contributed by atoms with Crippen molar-refractivity contribution in [1.29, 1.82) is 0 Å². The molecule has 100 valence electrons. The number of aryl methyl sites for hydroxylation is 1. The van der Waals surface area contributed by atoms with Crippen LogP contribution in [0.3, 0.4) is 0 Å². The Hall–Kier alpha value is -1.80. The second-order valence-electron chi connectivity index (χ2n) is 4.82. The normalized spacial score (nSPS) is 12.2. The monoisotopic (exact) mass is 255 g/mol. The molecule has 0 fully saturated rings. The molecule has 2 aromatic rings. The van der Waals surface area contributed by atoms with Crippen molar-refractivity contribution < 1.29 is 5.11 Å². The first-order valence-corrected chi connectivity index (χ1v) is 6.78. The minimum atomic E-state index is 0.0890. The Labute approximate surface area is 115 Å². The fourth-order valence-electron chi connectivity index (χ4n) is 2.13. The Balaban J connectivity index is 2.08. The molecule has 0 aromatic heterocycles. The largest absolute Gasteiger partial charge is 0.392 e. The van der Waals surface area contributed by atoms with Gasteiger partial charge in [-0.3, -0.25) is 0 Å². The van der Waals surface area contributed by atoms with Crippen molar-refractivity contribution in [1.82, 2.24) is 0 Å². The van der Waals surface area contributed by atoms with Gasteiger partial charge in [0.15, 0.2) is 0 Å². The van der Waals surface area contributed by atoms with Crippen LogP contribution >= 0.6 is 0 Å². The zero-order valence-corrected chi connectivity index (χ0v) is 11.6. The van der Waals surface area contributed by atoms with Gasteiger partial charge >= 0.3 is 0 Å². The SMILES string of the molecule is CCc1ccc(NC(C)c2cccc(CO)c2)cc1. The molecule has 0 aliphatic rings. The zero-order valence-electron chi connectivity index (χ0n) is 11.6. The molecule has 0 aliphatic carbocycles. The fraction of sp³-hybridized carbons (Fsp3) is 0.294. The molecule has 2 rings (SSSR count). The quantitative estimate of drug-likeness (QED) is 0.849. The van der Waals surface area contributed by atoms with Crippen LogP contribution in [0.2, 0.25) is 0 Å². The number of aliphatic hydroxyl groups excluding tert-OH is 1. The average Bonchev–Trinajstić information content (AvgIpc) is 2.48. The zero-order chi connectivity index (χ0) is 13.7. The molecule has 0 heterocycles. The number of benzene rings is 2. The molecule has 0 radical (unpaired) electrons. The lowest BCUT2D eigenvalue weighted by atomic mass is 10.0.